The van der Waals surface area contributed by atoms with Crippen LogP contribution in [0.15, 0.2) is 30.7 Å². The van der Waals surface area contributed by atoms with E-state index < -0.39 is 0 Å². The molecular formula is C17H18N6O. The Balaban J connectivity index is 1.58. The van der Waals surface area contributed by atoms with Gasteiger partial charge in [0, 0.05) is 31.5 Å². The van der Waals surface area contributed by atoms with E-state index in [4.69, 9.17) is 5.26 Å². The van der Waals surface area contributed by atoms with Gasteiger partial charge in [0.25, 0.3) is 5.91 Å². The lowest BCUT2D eigenvalue weighted by Crippen LogP contribution is -2.42. The second-order valence-electron chi connectivity index (χ2n) is 5.78. The standard InChI is InChI=1S/C17H18N6O/c1-12-2-3-16(22-14(12)10-18)21-13-4-8-23(9-5-13)17(24)15-11-19-6-7-20-15/h2-3,6-7,11,13H,4-5,8-9H2,1H3,(H,21,22). The summed E-state index contributed by atoms with van der Waals surface area (Å²) in [6, 6.07) is 6.10. The average Bonchev–Trinajstić information content (AvgIpc) is 2.64. The second-order valence-corrected chi connectivity index (χ2v) is 5.78. The molecule has 3 rings (SSSR count). The maximum Gasteiger partial charge on any atom is 0.274 e. The number of carbonyl (C=O) groups excluding carboxylic acids is 1. The highest BCUT2D eigenvalue weighted by Gasteiger charge is 2.24. The lowest BCUT2D eigenvalue weighted by atomic mass is 10.0. The molecule has 1 amide bonds. The molecule has 1 saturated heterocycles. The van der Waals surface area contributed by atoms with Gasteiger partial charge in [0.15, 0.2) is 0 Å². The molecule has 1 N–H and O–H groups in total. The number of carbonyl (C=O) groups is 1. The predicted octanol–water partition coefficient (Wildman–Crippen LogP) is 1.77. The molecule has 0 atom stereocenters. The minimum absolute atomic E-state index is 0.0817. The Morgan fingerprint density at radius 3 is 2.79 bits per heavy atom. The Bertz CT molecular complexity index is 762. The monoisotopic (exact) mass is 322 g/mol. The minimum Gasteiger partial charge on any atom is -0.367 e. The molecule has 0 bridgehead atoms. The number of nitriles is 1. The van der Waals surface area contributed by atoms with E-state index in [1.54, 1.807) is 11.1 Å². The van der Waals surface area contributed by atoms with Crippen molar-refractivity contribution in [2.45, 2.75) is 25.8 Å². The summed E-state index contributed by atoms with van der Waals surface area (Å²) >= 11 is 0. The maximum atomic E-state index is 12.3. The number of likely N-dealkylation sites (tertiary alicyclic amines) is 1. The summed E-state index contributed by atoms with van der Waals surface area (Å²) in [6.45, 7) is 3.18. The summed E-state index contributed by atoms with van der Waals surface area (Å²) < 4.78 is 0. The molecule has 1 aliphatic heterocycles. The molecule has 0 spiro atoms. The van der Waals surface area contributed by atoms with E-state index in [-0.39, 0.29) is 11.9 Å². The molecule has 24 heavy (non-hydrogen) atoms. The lowest BCUT2D eigenvalue weighted by Gasteiger charge is -2.32. The third-order valence-corrected chi connectivity index (χ3v) is 4.12. The van der Waals surface area contributed by atoms with Crippen LogP contribution in [-0.2, 0) is 0 Å². The van der Waals surface area contributed by atoms with Crippen molar-refractivity contribution in [2.75, 3.05) is 18.4 Å². The first-order valence-corrected chi connectivity index (χ1v) is 7.87. The highest BCUT2D eigenvalue weighted by Crippen LogP contribution is 2.18. The molecule has 0 aliphatic carbocycles. The SMILES string of the molecule is Cc1ccc(NC2CCN(C(=O)c3cnccn3)CC2)nc1C#N. The molecule has 2 aromatic heterocycles. The number of aryl methyl sites for hydroxylation is 1. The summed E-state index contributed by atoms with van der Waals surface area (Å²) in [6.07, 6.45) is 6.22. The molecule has 0 aromatic carbocycles. The van der Waals surface area contributed by atoms with Gasteiger partial charge in [-0.1, -0.05) is 6.07 Å². The first-order chi connectivity index (χ1) is 11.7. The van der Waals surface area contributed by atoms with Gasteiger partial charge >= 0.3 is 0 Å². The van der Waals surface area contributed by atoms with E-state index in [0.29, 0.717) is 30.3 Å². The number of aromatic nitrogens is 3. The van der Waals surface area contributed by atoms with E-state index in [1.807, 2.05) is 19.1 Å². The summed E-state index contributed by atoms with van der Waals surface area (Å²) in [4.78, 5) is 26.4. The largest absolute Gasteiger partial charge is 0.367 e. The number of nitrogens with zero attached hydrogens (tertiary/aromatic N) is 5. The van der Waals surface area contributed by atoms with Gasteiger partial charge in [-0.15, -0.1) is 0 Å². The molecular weight excluding hydrogens is 304 g/mol. The van der Waals surface area contributed by atoms with Gasteiger partial charge in [-0.3, -0.25) is 9.78 Å². The van der Waals surface area contributed by atoms with E-state index >= 15 is 0 Å². The van der Waals surface area contributed by atoms with Crippen LogP contribution in [0.3, 0.4) is 0 Å². The number of hydrogen-bond acceptors (Lipinski definition) is 6. The van der Waals surface area contributed by atoms with E-state index in [2.05, 4.69) is 26.3 Å². The van der Waals surface area contributed by atoms with Gasteiger partial charge < -0.3 is 10.2 Å². The van der Waals surface area contributed by atoms with Gasteiger partial charge in [0.05, 0.1) is 6.20 Å². The molecule has 7 heteroatoms. The van der Waals surface area contributed by atoms with Crippen LogP contribution in [0.25, 0.3) is 0 Å². The van der Waals surface area contributed by atoms with Crippen LogP contribution in [0, 0.1) is 18.3 Å². The molecule has 1 fully saturated rings. The zero-order chi connectivity index (χ0) is 16.9. The Labute approximate surface area is 140 Å². The lowest BCUT2D eigenvalue weighted by molar-refractivity contribution is 0.0712. The first-order valence-electron chi connectivity index (χ1n) is 7.87. The Kier molecular flexibility index (Phi) is 4.66. The zero-order valence-corrected chi connectivity index (χ0v) is 13.4. The third kappa shape index (κ3) is 3.49. The number of piperidine rings is 1. The summed E-state index contributed by atoms with van der Waals surface area (Å²) in [5.41, 5.74) is 1.69. The van der Waals surface area contributed by atoms with Crippen LogP contribution in [0.2, 0.25) is 0 Å². The quantitative estimate of drug-likeness (QED) is 0.925. The molecule has 0 saturated carbocycles. The van der Waals surface area contributed by atoms with Crippen molar-refractivity contribution in [3.63, 3.8) is 0 Å². The average molecular weight is 322 g/mol. The molecule has 7 nitrogen and oxygen atoms in total. The van der Waals surface area contributed by atoms with Crippen molar-refractivity contribution in [3.8, 4) is 6.07 Å². The highest BCUT2D eigenvalue weighted by atomic mass is 16.2. The molecule has 2 aromatic rings. The summed E-state index contributed by atoms with van der Waals surface area (Å²) in [7, 11) is 0. The van der Waals surface area contributed by atoms with Crippen molar-refractivity contribution in [2.24, 2.45) is 0 Å². The zero-order valence-electron chi connectivity index (χ0n) is 13.4. The van der Waals surface area contributed by atoms with Crippen molar-refractivity contribution < 1.29 is 4.79 Å². The molecule has 3 heterocycles. The maximum absolute atomic E-state index is 12.3. The van der Waals surface area contributed by atoms with Crippen molar-refractivity contribution >= 4 is 11.7 Å². The van der Waals surface area contributed by atoms with Gasteiger partial charge in [0.2, 0.25) is 0 Å². The van der Waals surface area contributed by atoms with Crippen LogP contribution in [0.1, 0.15) is 34.6 Å². The van der Waals surface area contributed by atoms with Crippen LogP contribution in [0.5, 0.6) is 0 Å². The summed E-state index contributed by atoms with van der Waals surface area (Å²) in [5, 5.41) is 12.4. The fraction of sp³-hybridized carbons (Fsp3) is 0.353. The van der Waals surface area contributed by atoms with Gasteiger partial charge in [0.1, 0.15) is 23.3 Å². The number of amides is 1. The van der Waals surface area contributed by atoms with Crippen molar-refractivity contribution in [3.05, 3.63) is 47.7 Å². The summed E-state index contributed by atoms with van der Waals surface area (Å²) in [5.74, 6) is 0.623. The number of rotatable bonds is 3. The van der Waals surface area contributed by atoms with Crippen LogP contribution < -0.4 is 5.32 Å². The molecule has 0 radical (unpaired) electrons. The predicted molar refractivity (Wildman–Crippen MR) is 88.3 cm³/mol. The highest BCUT2D eigenvalue weighted by molar-refractivity contribution is 5.92. The first kappa shape index (κ1) is 15.9. The van der Waals surface area contributed by atoms with Gasteiger partial charge in [-0.2, -0.15) is 5.26 Å². The fourth-order valence-corrected chi connectivity index (χ4v) is 2.73. The number of anilines is 1. The number of nitrogens with one attached hydrogen (secondary N) is 1. The molecule has 0 unspecified atom stereocenters. The van der Waals surface area contributed by atoms with Crippen molar-refractivity contribution in [1.29, 1.82) is 5.26 Å². The molecule has 122 valence electrons. The molecule has 1 aliphatic rings. The Hall–Kier alpha value is -3.01. The van der Waals surface area contributed by atoms with Crippen LogP contribution in [0.4, 0.5) is 5.82 Å². The van der Waals surface area contributed by atoms with Gasteiger partial charge in [-0.25, -0.2) is 9.97 Å². The van der Waals surface area contributed by atoms with E-state index in [1.165, 1.54) is 12.4 Å². The van der Waals surface area contributed by atoms with E-state index in [0.717, 1.165) is 18.4 Å². The van der Waals surface area contributed by atoms with E-state index in [9.17, 15) is 4.79 Å². The van der Waals surface area contributed by atoms with Crippen LogP contribution >= 0.6 is 0 Å². The number of hydrogen-bond donors (Lipinski definition) is 1. The topological polar surface area (TPSA) is 94.8 Å². The number of pyridine rings is 1. The Morgan fingerprint density at radius 1 is 1.33 bits per heavy atom. The van der Waals surface area contributed by atoms with Crippen molar-refractivity contribution in [1.82, 2.24) is 19.9 Å². The Morgan fingerprint density at radius 2 is 2.12 bits per heavy atom. The van der Waals surface area contributed by atoms with Gasteiger partial charge in [-0.05, 0) is 31.4 Å². The minimum atomic E-state index is -0.0817. The van der Waals surface area contributed by atoms with Crippen LogP contribution in [-0.4, -0.2) is 44.9 Å². The normalized spacial score (nSPS) is 14.9. The smallest absolute Gasteiger partial charge is 0.274 e. The third-order valence-electron chi connectivity index (χ3n) is 4.12. The fourth-order valence-electron chi connectivity index (χ4n) is 2.73. The second kappa shape index (κ2) is 7.04.